The Morgan fingerprint density at radius 2 is 2.06 bits per heavy atom. The van der Waals surface area contributed by atoms with Gasteiger partial charge in [0.05, 0.1) is 18.4 Å². The highest BCUT2D eigenvalue weighted by Gasteiger charge is 2.12. The average Bonchev–Trinajstić information content (AvgIpc) is 2.39. The van der Waals surface area contributed by atoms with Gasteiger partial charge in [-0.1, -0.05) is 12.1 Å². The number of nitrogens with zero attached hydrogens (tertiary/aromatic N) is 1. The number of rotatable bonds is 3. The van der Waals surface area contributed by atoms with Gasteiger partial charge in [-0.15, -0.1) is 0 Å². The fraction of sp³-hybridized carbons (Fsp3) is 0.0769. The second-order valence-corrected chi connectivity index (χ2v) is 4.25. The first-order chi connectivity index (χ1) is 8.72. The maximum atomic E-state index is 12.1. The summed E-state index contributed by atoms with van der Waals surface area (Å²) in [6.45, 7) is 0. The summed E-state index contributed by atoms with van der Waals surface area (Å²) in [4.78, 5) is 16.1. The van der Waals surface area contributed by atoms with Crippen molar-refractivity contribution in [3.8, 4) is 5.75 Å². The standard InChI is InChI=1S/C13H11BrN2O2/c1-18-11-7-3-2-6-10(11)16-13(17)9-5-4-8-15-12(9)14/h2-8H,1H3,(H,16,17). The van der Waals surface area contributed by atoms with Crippen LogP contribution in [-0.4, -0.2) is 18.0 Å². The van der Waals surface area contributed by atoms with Crippen LogP contribution in [0, 0.1) is 0 Å². The molecule has 1 aromatic carbocycles. The average molecular weight is 307 g/mol. The molecule has 4 nitrogen and oxygen atoms in total. The van der Waals surface area contributed by atoms with Gasteiger partial charge in [0.2, 0.25) is 0 Å². The van der Waals surface area contributed by atoms with Gasteiger partial charge in [-0.2, -0.15) is 0 Å². The SMILES string of the molecule is COc1ccccc1NC(=O)c1cccnc1Br. The molecular formula is C13H11BrN2O2. The molecule has 1 amide bonds. The first-order valence-corrected chi connectivity index (χ1v) is 6.06. The van der Waals surface area contributed by atoms with Gasteiger partial charge in [-0.3, -0.25) is 4.79 Å². The smallest absolute Gasteiger partial charge is 0.258 e. The van der Waals surface area contributed by atoms with Crippen LogP contribution in [0.5, 0.6) is 5.75 Å². The zero-order chi connectivity index (χ0) is 13.0. The molecule has 2 aromatic rings. The van der Waals surface area contributed by atoms with Crippen LogP contribution in [0.15, 0.2) is 47.2 Å². The predicted molar refractivity (Wildman–Crippen MR) is 72.9 cm³/mol. The van der Waals surface area contributed by atoms with Crippen molar-refractivity contribution >= 4 is 27.5 Å². The lowest BCUT2D eigenvalue weighted by Gasteiger charge is -2.10. The predicted octanol–water partition coefficient (Wildman–Crippen LogP) is 3.11. The van der Waals surface area contributed by atoms with E-state index in [1.807, 2.05) is 12.1 Å². The number of methoxy groups -OCH3 is 1. The minimum Gasteiger partial charge on any atom is -0.495 e. The van der Waals surface area contributed by atoms with Gasteiger partial charge in [0.25, 0.3) is 5.91 Å². The maximum absolute atomic E-state index is 12.1. The van der Waals surface area contributed by atoms with E-state index >= 15 is 0 Å². The first-order valence-electron chi connectivity index (χ1n) is 5.27. The third kappa shape index (κ3) is 2.68. The zero-order valence-corrected chi connectivity index (χ0v) is 11.3. The van der Waals surface area contributed by atoms with Crippen LogP contribution in [0.1, 0.15) is 10.4 Å². The molecule has 0 saturated heterocycles. The Bertz CT molecular complexity index is 572. The highest BCUT2D eigenvalue weighted by Crippen LogP contribution is 2.24. The number of hydrogen-bond acceptors (Lipinski definition) is 3. The molecule has 0 bridgehead atoms. The molecule has 0 saturated carbocycles. The van der Waals surface area contributed by atoms with Gasteiger partial charge in [0.15, 0.2) is 0 Å². The summed E-state index contributed by atoms with van der Waals surface area (Å²) < 4.78 is 5.68. The summed E-state index contributed by atoms with van der Waals surface area (Å²) in [6.07, 6.45) is 1.62. The van der Waals surface area contributed by atoms with Crippen molar-refractivity contribution < 1.29 is 9.53 Å². The fourth-order valence-corrected chi connectivity index (χ4v) is 1.92. The summed E-state index contributed by atoms with van der Waals surface area (Å²) >= 11 is 3.24. The Kier molecular flexibility index (Phi) is 3.94. The Labute approximate surface area is 113 Å². The van der Waals surface area contributed by atoms with Crippen LogP contribution in [0.4, 0.5) is 5.69 Å². The maximum Gasteiger partial charge on any atom is 0.258 e. The fourth-order valence-electron chi connectivity index (χ4n) is 1.49. The molecule has 2 rings (SSSR count). The van der Waals surface area contributed by atoms with Crippen molar-refractivity contribution in [2.45, 2.75) is 0 Å². The third-order valence-electron chi connectivity index (χ3n) is 2.36. The summed E-state index contributed by atoms with van der Waals surface area (Å²) in [5.41, 5.74) is 1.10. The number of benzene rings is 1. The Hall–Kier alpha value is -1.88. The van der Waals surface area contributed by atoms with Crippen LogP contribution in [0.25, 0.3) is 0 Å². The lowest BCUT2D eigenvalue weighted by atomic mass is 10.2. The van der Waals surface area contributed by atoms with Gasteiger partial charge in [-0.25, -0.2) is 4.98 Å². The molecular weight excluding hydrogens is 296 g/mol. The minimum atomic E-state index is -0.237. The van der Waals surface area contributed by atoms with Crippen LogP contribution in [-0.2, 0) is 0 Å². The molecule has 92 valence electrons. The molecule has 1 heterocycles. The number of ether oxygens (including phenoxy) is 1. The third-order valence-corrected chi connectivity index (χ3v) is 2.99. The van der Waals surface area contributed by atoms with Crippen LogP contribution in [0.3, 0.4) is 0 Å². The molecule has 1 aromatic heterocycles. The lowest BCUT2D eigenvalue weighted by Crippen LogP contribution is -2.13. The molecule has 0 atom stereocenters. The number of nitrogens with one attached hydrogen (secondary N) is 1. The lowest BCUT2D eigenvalue weighted by molar-refractivity contribution is 0.102. The van der Waals surface area contributed by atoms with Crippen LogP contribution >= 0.6 is 15.9 Å². The first kappa shape index (κ1) is 12.6. The number of pyridine rings is 1. The number of carbonyl (C=O) groups excluding carboxylic acids is 1. The topological polar surface area (TPSA) is 51.2 Å². The van der Waals surface area contributed by atoms with E-state index in [1.165, 1.54) is 0 Å². The van der Waals surface area contributed by atoms with Crippen molar-refractivity contribution in [3.63, 3.8) is 0 Å². The van der Waals surface area contributed by atoms with Crippen LogP contribution in [0.2, 0.25) is 0 Å². The molecule has 1 N–H and O–H groups in total. The monoisotopic (exact) mass is 306 g/mol. The Morgan fingerprint density at radius 1 is 1.28 bits per heavy atom. The summed E-state index contributed by atoms with van der Waals surface area (Å²) in [6, 6.07) is 10.6. The van der Waals surface area contributed by atoms with Gasteiger partial charge in [-0.05, 0) is 40.2 Å². The normalized spacial score (nSPS) is 9.89. The van der Waals surface area contributed by atoms with E-state index in [9.17, 15) is 4.79 Å². The van der Waals surface area contributed by atoms with Crippen molar-refractivity contribution in [1.29, 1.82) is 0 Å². The van der Waals surface area contributed by atoms with Gasteiger partial charge in [0, 0.05) is 6.20 Å². The van der Waals surface area contributed by atoms with Crippen molar-refractivity contribution in [1.82, 2.24) is 4.98 Å². The molecule has 0 aliphatic heterocycles. The number of carbonyl (C=O) groups is 1. The molecule has 0 fully saturated rings. The van der Waals surface area contributed by atoms with E-state index < -0.39 is 0 Å². The van der Waals surface area contributed by atoms with Crippen molar-refractivity contribution in [3.05, 3.63) is 52.8 Å². The highest BCUT2D eigenvalue weighted by molar-refractivity contribution is 9.10. The number of aromatic nitrogens is 1. The van der Waals surface area contributed by atoms with E-state index in [0.717, 1.165) is 0 Å². The number of halogens is 1. The van der Waals surface area contributed by atoms with E-state index in [-0.39, 0.29) is 5.91 Å². The molecule has 18 heavy (non-hydrogen) atoms. The summed E-state index contributed by atoms with van der Waals surface area (Å²) in [7, 11) is 1.56. The van der Waals surface area contributed by atoms with Gasteiger partial charge in [0.1, 0.15) is 10.4 Å². The quantitative estimate of drug-likeness (QED) is 0.887. The van der Waals surface area contributed by atoms with Crippen LogP contribution < -0.4 is 10.1 Å². The number of anilines is 1. The minimum absolute atomic E-state index is 0.237. The molecule has 0 unspecified atom stereocenters. The Balaban J connectivity index is 2.24. The molecule has 5 heteroatoms. The Morgan fingerprint density at radius 3 is 2.78 bits per heavy atom. The van der Waals surface area contributed by atoms with Gasteiger partial charge >= 0.3 is 0 Å². The summed E-state index contributed by atoms with van der Waals surface area (Å²) in [5.74, 6) is 0.380. The molecule has 0 aliphatic carbocycles. The molecule has 0 aliphatic rings. The molecule has 0 spiro atoms. The second kappa shape index (κ2) is 5.64. The van der Waals surface area contributed by atoms with Gasteiger partial charge < -0.3 is 10.1 Å². The number of para-hydroxylation sites is 2. The van der Waals surface area contributed by atoms with E-state index in [4.69, 9.17) is 4.74 Å². The van der Waals surface area contributed by atoms with E-state index in [1.54, 1.807) is 37.6 Å². The molecule has 0 radical (unpaired) electrons. The highest BCUT2D eigenvalue weighted by atomic mass is 79.9. The second-order valence-electron chi connectivity index (χ2n) is 3.50. The largest absolute Gasteiger partial charge is 0.495 e. The van der Waals surface area contributed by atoms with E-state index in [0.29, 0.717) is 21.6 Å². The zero-order valence-electron chi connectivity index (χ0n) is 9.68. The van der Waals surface area contributed by atoms with Crippen molar-refractivity contribution in [2.24, 2.45) is 0 Å². The number of hydrogen-bond donors (Lipinski definition) is 1. The number of amides is 1. The van der Waals surface area contributed by atoms with E-state index in [2.05, 4.69) is 26.2 Å². The van der Waals surface area contributed by atoms with Crippen molar-refractivity contribution in [2.75, 3.05) is 12.4 Å². The summed E-state index contributed by atoms with van der Waals surface area (Å²) in [5, 5.41) is 2.78.